The summed E-state index contributed by atoms with van der Waals surface area (Å²) in [4.78, 5) is 5.02. The van der Waals surface area contributed by atoms with Gasteiger partial charge in [-0.25, -0.2) is 0 Å². The van der Waals surface area contributed by atoms with Crippen LogP contribution < -0.4 is 4.90 Å². The van der Waals surface area contributed by atoms with Crippen LogP contribution in [0.15, 0.2) is 22.7 Å². The van der Waals surface area contributed by atoms with Gasteiger partial charge in [-0.15, -0.1) is 0 Å². The second-order valence-corrected chi connectivity index (χ2v) is 6.82. The van der Waals surface area contributed by atoms with Gasteiger partial charge in [-0.05, 0) is 72.9 Å². The second-order valence-electron chi connectivity index (χ2n) is 5.96. The van der Waals surface area contributed by atoms with Crippen LogP contribution in [-0.2, 0) is 0 Å². The standard InChI is InChI=1S/C16H20BrN3/c1-19-7-2-3-13-11-20(8-6-15(13)19)16-5-4-12(10-18)9-14(16)17/h4-5,9,13,15H,2-3,6-8,11H2,1H3. The average Bonchev–Trinajstić information content (AvgIpc) is 2.47. The van der Waals surface area contributed by atoms with Crippen molar-refractivity contribution in [2.45, 2.75) is 25.3 Å². The van der Waals surface area contributed by atoms with Gasteiger partial charge >= 0.3 is 0 Å². The molecule has 2 aliphatic rings. The van der Waals surface area contributed by atoms with Gasteiger partial charge in [0, 0.05) is 23.6 Å². The summed E-state index contributed by atoms with van der Waals surface area (Å²) in [7, 11) is 2.27. The van der Waals surface area contributed by atoms with E-state index in [2.05, 4.69) is 44.9 Å². The molecule has 1 aromatic rings. The SMILES string of the molecule is CN1CCCC2CN(c3ccc(C#N)cc3Br)CCC21. The van der Waals surface area contributed by atoms with Crippen LogP contribution in [-0.4, -0.2) is 37.6 Å². The number of likely N-dealkylation sites (tertiary alicyclic amines) is 1. The van der Waals surface area contributed by atoms with Crippen molar-refractivity contribution < 1.29 is 0 Å². The average molecular weight is 334 g/mol. The molecular formula is C16H20BrN3. The monoisotopic (exact) mass is 333 g/mol. The molecule has 0 amide bonds. The molecule has 20 heavy (non-hydrogen) atoms. The molecule has 3 nitrogen and oxygen atoms in total. The highest BCUT2D eigenvalue weighted by molar-refractivity contribution is 9.10. The van der Waals surface area contributed by atoms with E-state index in [1.54, 1.807) is 0 Å². The van der Waals surface area contributed by atoms with Crippen molar-refractivity contribution in [1.29, 1.82) is 5.26 Å². The number of benzene rings is 1. The van der Waals surface area contributed by atoms with E-state index in [-0.39, 0.29) is 0 Å². The van der Waals surface area contributed by atoms with Crippen LogP contribution in [0.3, 0.4) is 0 Å². The first kappa shape index (κ1) is 13.9. The molecule has 0 aromatic heterocycles. The van der Waals surface area contributed by atoms with Crippen molar-refractivity contribution in [2.75, 3.05) is 31.6 Å². The van der Waals surface area contributed by atoms with Crippen LogP contribution in [0.25, 0.3) is 0 Å². The smallest absolute Gasteiger partial charge is 0.0992 e. The molecule has 2 fully saturated rings. The lowest BCUT2D eigenvalue weighted by molar-refractivity contribution is 0.102. The van der Waals surface area contributed by atoms with Crippen LogP contribution in [0.4, 0.5) is 5.69 Å². The topological polar surface area (TPSA) is 30.3 Å². The molecule has 0 saturated carbocycles. The molecule has 3 rings (SSSR count). The maximum absolute atomic E-state index is 8.96. The van der Waals surface area contributed by atoms with Crippen molar-refractivity contribution in [3.8, 4) is 6.07 Å². The number of hydrogen-bond acceptors (Lipinski definition) is 3. The fourth-order valence-electron chi connectivity index (χ4n) is 3.70. The third kappa shape index (κ3) is 2.57. The third-order valence-electron chi connectivity index (χ3n) is 4.76. The molecule has 4 heteroatoms. The summed E-state index contributed by atoms with van der Waals surface area (Å²) in [6, 6.07) is 8.87. The summed E-state index contributed by atoms with van der Waals surface area (Å²) < 4.78 is 1.04. The van der Waals surface area contributed by atoms with E-state index in [4.69, 9.17) is 5.26 Å². The zero-order valence-electron chi connectivity index (χ0n) is 11.8. The van der Waals surface area contributed by atoms with Gasteiger partial charge in [-0.3, -0.25) is 0 Å². The molecule has 0 aliphatic carbocycles. The van der Waals surface area contributed by atoms with Gasteiger partial charge in [0.25, 0.3) is 0 Å². The lowest BCUT2D eigenvalue weighted by atomic mass is 9.84. The van der Waals surface area contributed by atoms with Crippen molar-refractivity contribution >= 4 is 21.6 Å². The lowest BCUT2D eigenvalue weighted by Gasteiger charge is -2.46. The van der Waals surface area contributed by atoms with E-state index in [1.807, 2.05) is 12.1 Å². The number of halogens is 1. The van der Waals surface area contributed by atoms with Crippen LogP contribution >= 0.6 is 15.9 Å². The van der Waals surface area contributed by atoms with Crippen LogP contribution in [0.2, 0.25) is 0 Å². The van der Waals surface area contributed by atoms with E-state index in [0.29, 0.717) is 5.56 Å². The van der Waals surface area contributed by atoms with Crippen molar-refractivity contribution in [1.82, 2.24) is 4.90 Å². The summed E-state index contributed by atoms with van der Waals surface area (Å²) in [6.45, 7) is 3.50. The fraction of sp³-hybridized carbons (Fsp3) is 0.562. The minimum absolute atomic E-state index is 0.716. The summed E-state index contributed by atoms with van der Waals surface area (Å²) >= 11 is 3.62. The van der Waals surface area contributed by atoms with Crippen LogP contribution in [0.5, 0.6) is 0 Å². The predicted molar refractivity (Wildman–Crippen MR) is 84.8 cm³/mol. The van der Waals surface area contributed by atoms with Crippen molar-refractivity contribution in [2.24, 2.45) is 5.92 Å². The van der Waals surface area contributed by atoms with Crippen LogP contribution in [0.1, 0.15) is 24.8 Å². The number of nitriles is 1. The molecule has 0 radical (unpaired) electrons. The normalized spacial score (nSPS) is 26.9. The molecule has 2 heterocycles. The Kier molecular flexibility index (Phi) is 4.00. The summed E-state index contributed by atoms with van der Waals surface area (Å²) in [6.07, 6.45) is 3.91. The number of hydrogen-bond donors (Lipinski definition) is 0. The molecule has 2 aliphatic heterocycles. The quantitative estimate of drug-likeness (QED) is 0.790. The fourth-order valence-corrected chi connectivity index (χ4v) is 4.33. The van der Waals surface area contributed by atoms with Gasteiger partial charge < -0.3 is 9.80 Å². The molecule has 1 aromatic carbocycles. The third-order valence-corrected chi connectivity index (χ3v) is 5.40. The molecule has 0 spiro atoms. The Labute approximate surface area is 129 Å². The maximum Gasteiger partial charge on any atom is 0.0992 e. The van der Waals surface area contributed by atoms with Gasteiger partial charge in [0.2, 0.25) is 0 Å². The van der Waals surface area contributed by atoms with Gasteiger partial charge in [0.1, 0.15) is 0 Å². The molecule has 106 valence electrons. The van der Waals surface area contributed by atoms with E-state index < -0.39 is 0 Å². The number of nitrogens with zero attached hydrogens (tertiary/aromatic N) is 3. The highest BCUT2D eigenvalue weighted by atomic mass is 79.9. The Morgan fingerprint density at radius 2 is 2.15 bits per heavy atom. The predicted octanol–water partition coefficient (Wildman–Crippen LogP) is 3.24. The molecule has 2 unspecified atom stereocenters. The Morgan fingerprint density at radius 1 is 1.30 bits per heavy atom. The molecule has 2 atom stereocenters. The van der Waals surface area contributed by atoms with Crippen molar-refractivity contribution in [3.63, 3.8) is 0 Å². The number of rotatable bonds is 1. The lowest BCUT2D eigenvalue weighted by Crippen LogP contribution is -2.52. The van der Waals surface area contributed by atoms with Gasteiger partial charge in [-0.2, -0.15) is 5.26 Å². The molecule has 0 bridgehead atoms. The molecule has 0 N–H and O–H groups in total. The Hall–Kier alpha value is -1.05. The largest absolute Gasteiger partial charge is 0.370 e. The van der Waals surface area contributed by atoms with Gasteiger partial charge in [-0.1, -0.05) is 0 Å². The van der Waals surface area contributed by atoms with Gasteiger partial charge in [0.15, 0.2) is 0 Å². The maximum atomic E-state index is 8.96. The number of fused-ring (bicyclic) bond motifs is 1. The van der Waals surface area contributed by atoms with E-state index in [9.17, 15) is 0 Å². The highest BCUT2D eigenvalue weighted by Crippen LogP contribution is 2.35. The van der Waals surface area contributed by atoms with E-state index >= 15 is 0 Å². The Balaban J connectivity index is 1.78. The molecular weight excluding hydrogens is 314 g/mol. The van der Waals surface area contributed by atoms with Gasteiger partial charge in [0.05, 0.1) is 17.3 Å². The summed E-state index contributed by atoms with van der Waals surface area (Å²) in [5, 5.41) is 8.96. The second kappa shape index (κ2) is 5.75. The Morgan fingerprint density at radius 3 is 2.90 bits per heavy atom. The first-order chi connectivity index (χ1) is 9.69. The van der Waals surface area contributed by atoms with Crippen LogP contribution in [0, 0.1) is 17.2 Å². The van der Waals surface area contributed by atoms with E-state index in [1.165, 1.54) is 31.5 Å². The first-order valence-electron chi connectivity index (χ1n) is 7.34. The minimum atomic E-state index is 0.716. The molecule has 2 saturated heterocycles. The highest BCUT2D eigenvalue weighted by Gasteiger charge is 2.34. The summed E-state index contributed by atoms with van der Waals surface area (Å²) in [5.74, 6) is 0.782. The van der Waals surface area contributed by atoms with E-state index in [0.717, 1.165) is 29.5 Å². The zero-order valence-corrected chi connectivity index (χ0v) is 13.4. The van der Waals surface area contributed by atoms with Crippen molar-refractivity contribution in [3.05, 3.63) is 28.2 Å². The first-order valence-corrected chi connectivity index (χ1v) is 8.13. The number of piperidine rings is 2. The minimum Gasteiger partial charge on any atom is -0.370 e. The number of anilines is 1. The Bertz CT molecular complexity index is 537. The zero-order chi connectivity index (χ0) is 14.1. The summed E-state index contributed by atoms with van der Waals surface area (Å²) in [5.41, 5.74) is 1.95.